The van der Waals surface area contributed by atoms with Crippen LogP contribution in [0.3, 0.4) is 0 Å². The van der Waals surface area contributed by atoms with Gasteiger partial charge < -0.3 is 0 Å². The minimum absolute atomic E-state index is 0. The molecule has 5 nitrogen and oxygen atoms in total. The molecule has 2 N–H and O–H groups in total. The third-order valence-electron chi connectivity index (χ3n) is 0.0942. The predicted molar refractivity (Wildman–Crippen MR) is 23.8 cm³/mol. The Labute approximate surface area is 60.3 Å². The van der Waals surface area contributed by atoms with E-state index in [0.717, 1.165) is 0 Å². The number of hydrogen-bond acceptors (Lipinski definition) is 4. The van der Waals surface area contributed by atoms with Gasteiger partial charge in [-0.3, -0.25) is 4.55 Å². The van der Waals surface area contributed by atoms with Crippen molar-refractivity contribution in [2.45, 2.75) is 0 Å². The average molecular weight is 323 g/mol. The molecule has 0 fully saturated rings. The van der Waals surface area contributed by atoms with E-state index in [4.69, 9.17) is 18.2 Å². The van der Waals surface area contributed by atoms with E-state index in [2.05, 4.69) is 4.33 Å². The van der Waals surface area contributed by atoms with Gasteiger partial charge >= 0.3 is 37.7 Å². The predicted octanol–water partition coefficient (Wildman–Crippen LogP) is -1.64. The van der Waals surface area contributed by atoms with Crippen LogP contribution in [0.4, 0.5) is 0 Å². The molecule has 44 valence electrons. The van der Waals surface area contributed by atoms with Gasteiger partial charge in [0.2, 0.25) is 0 Å². The van der Waals surface area contributed by atoms with Crippen molar-refractivity contribution >= 4 is 37.7 Å². The second-order valence-electron chi connectivity index (χ2n) is 0.502. The Morgan fingerprint density at radius 3 is 1.57 bits per heavy atom. The standard InChI is InChI=1S/H2O5S.Pb.2H/c1-5-6(2,3)4;;;/h1H,(H,2,3,4);;;. The molecule has 0 atom stereocenters. The first-order chi connectivity index (χ1) is 2.56. The molecule has 0 unspecified atom stereocenters. The molecule has 0 aromatic heterocycles. The molecule has 0 aliphatic heterocycles. The fourth-order valence-corrected chi connectivity index (χ4v) is 0. The van der Waals surface area contributed by atoms with Crippen molar-refractivity contribution in [2.75, 3.05) is 0 Å². The van der Waals surface area contributed by atoms with Crippen molar-refractivity contribution in [3.63, 3.8) is 0 Å². The number of rotatable bonds is 1. The van der Waals surface area contributed by atoms with Crippen LogP contribution in [0.25, 0.3) is 0 Å². The summed E-state index contributed by atoms with van der Waals surface area (Å²) in [5.41, 5.74) is 0. The van der Waals surface area contributed by atoms with Crippen molar-refractivity contribution in [1.29, 1.82) is 0 Å². The van der Waals surface area contributed by atoms with E-state index in [1.807, 2.05) is 0 Å². The topological polar surface area (TPSA) is 83.8 Å². The maximum atomic E-state index is 9.08. The first kappa shape index (κ1) is 10.7. The fraction of sp³-hybridized carbons (Fsp3) is 0. The Morgan fingerprint density at radius 2 is 1.57 bits per heavy atom. The molecule has 0 heterocycles. The summed E-state index contributed by atoms with van der Waals surface area (Å²) in [5, 5.41) is 7.06. The molecule has 0 aliphatic carbocycles. The van der Waals surface area contributed by atoms with E-state index in [1.165, 1.54) is 0 Å². The molecule has 2 radical (unpaired) electrons. The van der Waals surface area contributed by atoms with Crippen LogP contribution in [0, 0.1) is 0 Å². The fourth-order valence-electron chi connectivity index (χ4n) is 0. The van der Waals surface area contributed by atoms with Crippen molar-refractivity contribution in [2.24, 2.45) is 0 Å². The van der Waals surface area contributed by atoms with Gasteiger partial charge in [0.25, 0.3) is 0 Å². The summed E-state index contributed by atoms with van der Waals surface area (Å²) in [6.07, 6.45) is 0. The SMILES string of the molecule is O=S(=O)(O)OO.[PbH2]. The first-order valence-corrected chi connectivity index (χ1v) is 2.23. The third kappa shape index (κ3) is 10.8. The minimum atomic E-state index is -4.61. The van der Waals surface area contributed by atoms with E-state index >= 15 is 0 Å². The number of hydrogen-bond donors (Lipinski definition) is 2. The van der Waals surface area contributed by atoms with E-state index in [1.54, 1.807) is 0 Å². The summed E-state index contributed by atoms with van der Waals surface area (Å²) in [5.74, 6) is 0. The molecule has 0 saturated heterocycles. The summed E-state index contributed by atoms with van der Waals surface area (Å²) < 4.78 is 28.0. The van der Waals surface area contributed by atoms with Gasteiger partial charge in [0, 0.05) is 0 Å². The summed E-state index contributed by atoms with van der Waals surface area (Å²) in [6, 6.07) is 0. The van der Waals surface area contributed by atoms with Crippen LogP contribution in [0.1, 0.15) is 0 Å². The third-order valence-corrected chi connectivity index (χ3v) is 0.283. The molecule has 0 aromatic rings. The normalized spacial score (nSPS) is 10.0. The Balaban J connectivity index is 0. The second-order valence-corrected chi connectivity index (χ2v) is 1.51. The molecular weight excluding hydrogens is 319 g/mol. The van der Waals surface area contributed by atoms with Crippen molar-refractivity contribution in [3.05, 3.63) is 0 Å². The summed E-state index contributed by atoms with van der Waals surface area (Å²) >= 11 is 0. The van der Waals surface area contributed by atoms with E-state index in [0.29, 0.717) is 0 Å². The van der Waals surface area contributed by atoms with Crippen LogP contribution in [0.5, 0.6) is 0 Å². The molecule has 0 aromatic carbocycles. The van der Waals surface area contributed by atoms with Crippen LogP contribution in [-0.2, 0) is 14.7 Å². The Morgan fingerprint density at radius 1 is 1.43 bits per heavy atom. The Kier molecular flexibility index (Phi) is 5.67. The Hall–Kier alpha value is 0.752. The maximum absolute atomic E-state index is 9.08. The van der Waals surface area contributed by atoms with E-state index in [-0.39, 0.29) is 27.3 Å². The zero-order valence-electron chi connectivity index (χ0n) is 3.23. The van der Waals surface area contributed by atoms with Crippen molar-refractivity contribution in [3.8, 4) is 0 Å². The average Bonchev–Trinajstić information content (AvgIpc) is 1.35. The van der Waals surface area contributed by atoms with Gasteiger partial charge in [0.05, 0.1) is 0 Å². The van der Waals surface area contributed by atoms with Crippen LogP contribution >= 0.6 is 0 Å². The zero-order chi connectivity index (χ0) is 5.21. The van der Waals surface area contributed by atoms with E-state index < -0.39 is 10.4 Å². The van der Waals surface area contributed by atoms with Crippen LogP contribution in [0.15, 0.2) is 0 Å². The summed E-state index contributed by atoms with van der Waals surface area (Å²) in [7, 11) is -4.61. The van der Waals surface area contributed by atoms with Gasteiger partial charge in [-0.2, -0.15) is 8.42 Å². The van der Waals surface area contributed by atoms with Crippen LogP contribution in [0.2, 0.25) is 0 Å². The van der Waals surface area contributed by atoms with Crippen molar-refractivity contribution < 1.29 is 22.6 Å². The van der Waals surface area contributed by atoms with Gasteiger partial charge in [0.1, 0.15) is 0 Å². The van der Waals surface area contributed by atoms with Gasteiger partial charge in [-0.1, -0.05) is 4.33 Å². The van der Waals surface area contributed by atoms with Crippen LogP contribution in [-0.4, -0.2) is 45.5 Å². The molecule has 0 saturated carbocycles. The van der Waals surface area contributed by atoms with Gasteiger partial charge in [-0.05, 0) is 0 Å². The summed E-state index contributed by atoms with van der Waals surface area (Å²) in [4.78, 5) is 0. The van der Waals surface area contributed by atoms with E-state index in [9.17, 15) is 0 Å². The second kappa shape index (κ2) is 3.72. The first-order valence-electron chi connectivity index (χ1n) is 0.865. The van der Waals surface area contributed by atoms with Crippen molar-refractivity contribution in [1.82, 2.24) is 0 Å². The summed E-state index contributed by atoms with van der Waals surface area (Å²) in [6.45, 7) is 0. The molecule has 0 amide bonds. The van der Waals surface area contributed by atoms with Gasteiger partial charge in [-0.25, -0.2) is 5.26 Å². The molecule has 0 spiro atoms. The monoisotopic (exact) mass is 324 g/mol. The molecule has 0 rings (SSSR count). The van der Waals surface area contributed by atoms with Crippen LogP contribution < -0.4 is 0 Å². The van der Waals surface area contributed by atoms with Gasteiger partial charge in [-0.15, -0.1) is 0 Å². The van der Waals surface area contributed by atoms with Gasteiger partial charge in [0.15, 0.2) is 0 Å². The molecule has 7 heavy (non-hydrogen) atoms. The molecule has 0 bridgehead atoms. The quantitative estimate of drug-likeness (QED) is 0.262. The Bertz CT molecular complexity index is 110. The molecule has 7 heteroatoms. The molecule has 0 aliphatic rings. The molecular formula is H4O5PbS. The zero-order valence-corrected chi connectivity index (χ0v) is 9.55.